The van der Waals surface area contributed by atoms with Crippen molar-refractivity contribution in [3.8, 4) is 22.4 Å². The van der Waals surface area contributed by atoms with Gasteiger partial charge in [-0.3, -0.25) is 4.79 Å². The normalized spacial score (nSPS) is 11.3. The topological polar surface area (TPSA) is 98.2 Å². The molecular formula is C21H18FN3O3S. The third-order valence-corrected chi connectivity index (χ3v) is 5.49. The van der Waals surface area contributed by atoms with Crippen LogP contribution in [0.3, 0.4) is 0 Å². The molecule has 0 saturated carbocycles. The zero-order chi connectivity index (χ0) is 20.4. The maximum Gasteiger partial charge on any atom is 0.261 e. The van der Waals surface area contributed by atoms with E-state index in [-0.39, 0.29) is 24.9 Å². The van der Waals surface area contributed by atoms with E-state index in [1.807, 2.05) is 17.5 Å². The molecule has 0 aliphatic carbocycles. The monoisotopic (exact) mass is 411 g/mol. The van der Waals surface area contributed by atoms with Crippen molar-refractivity contribution in [1.29, 1.82) is 0 Å². The Morgan fingerprint density at radius 2 is 1.86 bits per heavy atom. The molecule has 0 aliphatic rings. The van der Waals surface area contributed by atoms with Crippen LogP contribution in [0.15, 0.2) is 54.0 Å². The van der Waals surface area contributed by atoms with Gasteiger partial charge in [-0.2, -0.15) is 0 Å². The lowest BCUT2D eigenvalue weighted by Gasteiger charge is -2.11. The van der Waals surface area contributed by atoms with Crippen LogP contribution in [-0.4, -0.2) is 45.3 Å². The van der Waals surface area contributed by atoms with Crippen molar-refractivity contribution in [3.63, 3.8) is 0 Å². The number of pyridine rings is 1. The molecule has 0 bridgehead atoms. The van der Waals surface area contributed by atoms with Crippen molar-refractivity contribution in [3.05, 3.63) is 64.7 Å². The van der Waals surface area contributed by atoms with E-state index >= 15 is 0 Å². The van der Waals surface area contributed by atoms with Crippen LogP contribution in [0.2, 0.25) is 0 Å². The maximum absolute atomic E-state index is 13.1. The molecule has 3 heterocycles. The van der Waals surface area contributed by atoms with E-state index in [1.54, 1.807) is 24.4 Å². The Labute approximate surface area is 169 Å². The van der Waals surface area contributed by atoms with Crippen LogP contribution < -0.4 is 5.32 Å². The molecule has 3 aromatic heterocycles. The number of hydrogen-bond donors (Lipinski definition) is 4. The Balaban J connectivity index is 1.59. The average molecular weight is 411 g/mol. The first-order valence-electron chi connectivity index (χ1n) is 8.93. The van der Waals surface area contributed by atoms with Crippen molar-refractivity contribution in [2.45, 2.75) is 6.04 Å². The van der Waals surface area contributed by atoms with E-state index in [0.717, 1.165) is 33.4 Å². The van der Waals surface area contributed by atoms with Gasteiger partial charge in [0.1, 0.15) is 11.5 Å². The quantitative estimate of drug-likeness (QED) is 0.392. The molecule has 0 radical (unpaired) electrons. The minimum atomic E-state index is -0.684. The predicted molar refractivity (Wildman–Crippen MR) is 110 cm³/mol. The zero-order valence-corrected chi connectivity index (χ0v) is 16.0. The van der Waals surface area contributed by atoms with Gasteiger partial charge in [0.2, 0.25) is 0 Å². The molecule has 6 nitrogen and oxygen atoms in total. The second-order valence-electron chi connectivity index (χ2n) is 6.59. The highest BCUT2D eigenvalue weighted by molar-refractivity contribution is 7.12. The first-order chi connectivity index (χ1) is 14.1. The zero-order valence-electron chi connectivity index (χ0n) is 15.2. The van der Waals surface area contributed by atoms with Crippen LogP contribution >= 0.6 is 11.3 Å². The van der Waals surface area contributed by atoms with Gasteiger partial charge in [0.25, 0.3) is 5.91 Å². The molecule has 4 aromatic rings. The van der Waals surface area contributed by atoms with Crippen LogP contribution in [-0.2, 0) is 0 Å². The molecule has 0 fully saturated rings. The third kappa shape index (κ3) is 4.04. The number of nitrogens with one attached hydrogen (secondary N) is 2. The number of carbonyl (C=O) groups is 1. The van der Waals surface area contributed by atoms with Crippen molar-refractivity contribution in [2.24, 2.45) is 0 Å². The van der Waals surface area contributed by atoms with Crippen molar-refractivity contribution in [1.82, 2.24) is 15.3 Å². The number of rotatable bonds is 6. The number of halogens is 1. The van der Waals surface area contributed by atoms with E-state index < -0.39 is 6.04 Å². The minimum absolute atomic E-state index is 0.285. The number of benzene rings is 1. The summed E-state index contributed by atoms with van der Waals surface area (Å²) in [6, 6.07) is 11.2. The molecule has 0 saturated heterocycles. The molecule has 4 N–H and O–H groups in total. The second-order valence-corrected chi connectivity index (χ2v) is 7.50. The standard InChI is InChI=1S/C21H18FN3O3S/c22-16-3-1-12(2-4-16)18-6-13-5-14(8-23-20(13)25-18)15-7-19(29-11-15)21(28)24-17(9-26)10-27/h1-8,11,17,26-27H,9-10H2,(H,23,25)(H,24,28). The fourth-order valence-electron chi connectivity index (χ4n) is 2.97. The fourth-order valence-corrected chi connectivity index (χ4v) is 3.79. The molecule has 1 aromatic carbocycles. The van der Waals surface area contributed by atoms with E-state index in [1.165, 1.54) is 23.5 Å². The summed E-state index contributed by atoms with van der Waals surface area (Å²) in [7, 11) is 0. The van der Waals surface area contributed by atoms with Crippen molar-refractivity contribution >= 4 is 28.3 Å². The molecule has 0 aliphatic heterocycles. The summed E-state index contributed by atoms with van der Waals surface area (Å²) >= 11 is 1.28. The van der Waals surface area contributed by atoms with Crippen LogP contribution in [0, 0.1) is 5.82 Å². The van der Waals surface area contributed by atoms with Gasteiger partial charge in [0, 0.05) is 22.8 Å². The molecule has 8 heteroatoms. The van der Waals surface area contributed by atoms with E-state index in [9.17, 15) is 9.18 Å². The number of hydrogen-bond acceptors (Lipinski definition) is 5. The van der Waals surface area contributed by atoms with Gasteiger partial charge in [-0.25, -0.2) is 9.37 Å². The van der Waals surface area contributed by atoms with Gasteiger partial charge in [-0.1, -0.05) is 0 Å². The van der Waals surface area contributed by atoms with Crippen molar-refractivity contribution in [2.75, 3.05) is 13.2 Å². The first-order valence-corrected chi connectivity index (χ1v) is 9.81. The average Bonchev–Trinajstić information content (AvgIpc) is 3.39. The molecule has 148 valence electrons. The highest BCUT2D eigenvalue weighted by Crippen LogP contribution is 2.29. The lowest BCUT2D eigenvalue weighted by molar-refractivity contribution is 0.0883. The number of nitrogens with zero attached hydrogens (tertiary/aromatic N) is 1. The Morgan fingerprint density at radius 1 is 1.10 bits per heavy atom. The summed E-state index contributed by atoms with van der Waals surface area (Å²) in [5.74, 6) is -0.629. The van der Waals surface area contributed by atoms with Crippen LogP contribution in [0.1, 0.15) is 9.67 Å². The number of aliphatic hydroxyl groups is 2. The lowest BCUT2D eigenvalue weighted by atomic mass is 10.1. The number of aliphatic hydroxyl groups excluding tert-OH is 2. The van der Waals surface area contributed by atoms with Crippen LogP contribution in [0.4, 0.5) is 4.39 Å². The number of H-pyrrole nitrogens is 1. The van der Waals surface area contributed by atoms with Crippen LogP contribution in [0.5, 0.6) is 0 Å². The summed E-state index contributed by atoms with van der Waals surface area (Å²) in [5, 5.41) is 23.5. The SMILES string of the molecule is O=C(NC(CO)CO)c1cc(-c2cnc3[nH]c(-c4ccc(F)cc4)cc3c2)cs1. The number of carbonyl (C=O) groups excluding carboxylic acids is 1. The number of fused-ring (bicyclic) bond motifs is 1. The largest absolute Gasteiger partial charge is 0.394 e. The number of aromatic amines is 1. The van der Waals surface area contributed by atoms with E-state index in [0.29, 0.717) is 4.88 Å². The highest BCUT2D eigenvalue weighted by Gasteiger charge is 2.15. The van der Waals surface area contributed by atoms with Gasteiger partial charge >= 0.3 is 0 Å². The van der Waals surface area contributed by atoms with Gasteiger partial charge in [-0.15, -0.1) is 11.3 Å². The summed E-state index contributed by atoms with van der Waals surface area (Å²) in [6.45, 7) is -0.657. The summed E-state index contributed by atoms with van der Waals surface area (Å²) in [4.78, 5) is 20.4. The van der Waals surface area contributed by atoms with Crippen molar-refractivity contribution < 1.29 is 19.4 Å². The molecule has 0 atom stereocenters. The second kappa shape index (κ2) is 8.12. The van der Waals surface area contributed by atoms with Gasteiger partial charge in [0.05, 0.1) is 24.1 Å². The fraction of sp³-hybridized carbons (Fsp3) is 0.143. The highest BCUT2D eigenvalue weighted by atomic mass is 32.1. The molecule has 0 spiro atoms. The van der Waals surface area contributed by atoms with Gasteiger partial charge in [0.15, 0.2) is 0 Å². The summed E-state index contributed by atoms with van der Waals surface area (Å²) in [5.41, 5.74) is 4.13. The van der Waals surface area contributed by atoms with E-state index in [4.69, 9.17) is 10.2 Å². The van der Waals surface area contributed by atoms with Crippen LogP contribution in [0.25, 0.3) is 33.4 Å². The smallest absolute Gasteiger partial charge is 0.261 e. The molecule has 0 unspecified atom stereocenters. The minimum Gasteiger partial charge on any atom is -0.394 e. The molecular weight excluding hydrogens is 393 g/mol. The maximum atomic E-state index is 13.1. The molecule has 1 amide bonds. The Morgan fingerprint density at radius 3 is 2.59 bits per heavy atom. The lowest BCUT2D eigenvalue weighted by Crippen LogP contribution is -2.39. The van der Waals surface area contributed by atoms with Gasteiger partial charge < -0.3 is 20.5 Å². The first kappa shape index (κ1) is 19.3. The molecule has 29 heavy (non-hydrogen) atoms. The third-order valence-electron chi connectivity index (χ3n) is 4.56. The summed E-state index contributed by atoms with van der Waals surface area (Å²) in [6.07, 6.45) is 1.72. The Bertz CT molecular complexity index is 1150. The Hall–Kier alpha value is -3.07. The Kier molecular flexibility index (Phi) is 5.39. The van der Waals surface area contributed by atoms with Gasteiger partial charge in [-0.05, 0) is 59.0 Å². The number of amides is 1. The number of thiophene rings is 1. The number of aromatic nitrogens is 2. The predicted octanol–water partition coefficient (Wildman–Crippen LogP) is 3.18. The summed E-state index contributed by atoms with van der Waals surface area (Å²) < 4.78 is 13.1. The van der Waals surface area contributed by atoms with E-state index in [2.05, 4.69) is 15.3 Å². The molecule has 4 rings (SSSR count).